The third kappa shape index (κ3) is 4.23. The van der Waals surface area contributed by atoms with Crippen LogP contribution in [-0.2, 0) is 6.42 Å². The highest BCUT2D eigenvalue weighted by molar-refractivity contribution is 8.18. The van der Waals surface area contributed by atoms with Crippen molar-refractivity contribution in [3.63, 3.8) is 0 Å². The summed E-state index contributed by atoms with van der Waals surface area (Å²) >= 11 is 4.17. The minimum absolute atomic E-state index is 0.278. The van der Waals surface area contributed by atoms with E-state index in [0.29, 0.717) is 4.08 Å². The highest BCUT2D eigenvalue weighted by atomic mass is 32.2. The first-order valence-corrected chi connectivity index (χ1v) is 8.22. The van der Waals surface area contributed by atoms with Crippen molar-refractivity contribution in [2.45, 2.75) is 36.3 Å². The summed E-state index contributed by atoms with van der Waals surface area (Å²) in [6.07, 6.45) is 3.45. The van der Waals surface area contributed by atoms with Crippen LogP contribution in [0.15, 0.2) is 30.3 Å². The zero-order chi connectivity index (χ0) is 12.1. The molecule has 1 aromatic carbocycles. The van der Waals surface area contributed by atoms with Gasteiger partial charge in [0.1, 0.15) is 0 Å². The highest BCUT2D eigenvalue weighted by Gasteiger charge is 2.30. The minimum atomic E-state index is 0.278. The van der Waals surface area contributed by atoms with Gasteiger partial charge < -0.3 is 5.73 Å². The lowest BCUT2D eigenvalue weighted by Gasteiger charge is -2.34. The van der Waals surface area contributed by atoms with E-state index in [9.17, 15) is 0 Å². The predicted molar refractivity (Wildman–Crippen MR) is 80.7 cm³/mol. The van der Waals surface area contributed by atoms with Crippen LogP contribution in [0, 0.1) is 0 Å². The zero-order valence-electron chi connectivity index (χ0n) is 10.4. The maximum atomic E-state index is 6.30. The molecule has 0 aromatic heterocycles. The summed E-state index contributed by atoms with van der Waals surface area (Å²) < 4.78 is 0.340. The molecular formula is C14H21NS2. The van der Waals surface area contributed by atoms with E-state index >= 15 is 0 Å². The van der Waals surface area contributed by atoms with E-state index in [1.165, 1.54) is 23.5 Å². The monoisotopic (exact) mass is 267 g/mol. The molecule has 0 aliphatic carbocycles. The zero-order valence-corrected chi connectivity index (χ0v) is 12.0. The van der Waals surface area contributed by atoms with Gasteiger partial charge in [-0.3, -0.25) is 0 Å². The van der Waals surface area contributed by atoms with Crippen molar-refractivity contribution in [1.82, 2.24) is 0 Å². The Labute approximate surface area is 113 Å². The van der Waals surface area contributed by atoms with Gasteiger partial charge in [-0.25, -0.2) is 0 Å². The molecule has 0 unspecified atom stereocenters. The first-order valence-electron chi connectivity index (χ1n) is 6.25. The van der Waals surface area contributed by atoms with Gasteiger partial charge in [-0.1, -0.05) is 30.3 Å². The Morgan fingerprint density at radius 2 is 1.88 bits per heavy atom. The largest absolute Gasteiger partial charge is 0.327 e. The van der Waals surface area contributed by atoms with Gasteiger partial charge in [-0.2, -0.15) is 0 Å². The van der Waals surface area contributed by atoms with E-state index in [2.05, 4.69) is 60.8 Å². The fourth-order valence-electron chi connectivity index (χ4n) is 2.26. The molecule has 1 heterocycles. The maximum absolute atomic E-state index is 6.30. The van der Waals surface area contributed by atoms with Gasteiger partial charge in [0.2, 0.25) is 0 Å². The van der Waals surface area contributed by atoms with Gasteiger partial charge in [0.15, 0.2) is 0 Å². The highest BCUT2D eigenvalue weighted by Crippen LogP contribution is 2.44. The molecule has 3 heteroatoms. The molecule has 94 valence electrons. The summed E-state index contributed by atoms with van der Waals surface area (Å²) in [5.41, 5.74) is 7.65. The predicted octanol–water partition coefficient (Wildman–Crippen LogP) is 3.53. The summed E-state index contributed by atoms with van der Waals surface area (Å²) in [6.45, 7) is 2.35. The molecule has 1 fully saturated rings. The van der Waals surface area contributed by atoms with Crippen molar-refractivity contribution >= 4 is 23.5 Å². The quantitative estimate of drug-likeness (QED) is 0.904. The number of rotatable bonds is 4. The van der Waals surface area contributed by atoms with Crippen molar-refractivity contribution in [3.8, 4) is 0 Å². The number of thioether (sulfide) groups is 2. The summed E-state index contributed by atoms with van der Waals surface area (Å²) in [7, 11) is 0. The second-order valence-electron chi connectivity index (χ2n) is 4.84. The van der Waals surface area contributed by atoms with Crippen LogP contribution in [0.25, 0.3) is 0 Å². The molecule has 0 spiro atoms. The summed E-state index contributed by atoms with van der Waals surface area (Å²) in [5.74, 6) is 2.59. The molecule has 0 saturated carbocycles. The van der Waals surface area contributed by atoms with Crippen LogP contribution in [0.5, 0.6) is 0 Å². The van der Waals surface area contributed by atoms with E-state index in [1.54, 1.807) is 0 Å². The molecule has 17 heavy (non-hydrogen) atoms. The second kappa shape index (κ2) is 6.17. The molecular weight excluding hydrogens is 246 g/mol. The third-order valence-corrected chi connectivity index (χ3v) is 6.32. The standard InChI is InChI=1S/C14H21NS2/c1-14(16-8-5-9-17-14)11-13(15)10-12-6-3-2-4-7-12/h2-4,6-7,13H,5,8-11,15H2,1H3/t13-/m0/s1. The molecule has 0 amide bonds. The topological polar surface area (TPSA) is 26.0 Å². The summed E-state index contributed by atoms with van der Waals surface area (Å²) in [4.78, 5) is 0. The van der Waals surface area contributed by atoms with Gasteiger partial charge in [0, 0.05) is 6.04 Å². The Morgan fingerprint density at radius 3 is 2.53 bits per heavy atom. The van der Waals surface area contributed by atoms with Gasteiger partial charge >= 0.3 is 0 Å². The average Bonchev–Trinajstić information content (AvgIpc) is 2.30. The number of benzene rings is 1. The molecule has 1 saturated heterocycles. The smallest absolute Gasteiger partial charge is 0.0597 e. The third-order valence-electron chi connectivity index (χ3n) is 3.08. The minimum Gasteiger partial charge on any atom is -0.327 e. The molecule has 0 bridgehead atoms. The Kier molecular flexibility index (Phi) is 4.83. The SMILES string of the molecule is CC1(C[C@@H](N)Cc2ccccc2)SCCCS1. The fourth-order valence-corrected chi connectivity index (χ4v) is 5.38. The van der Waals surface area contributed by atoms with E-state index in [-0.39, 0.29) is 6.04 Å². The van der Waals surface area contributed by atoms with E-state index in [4.69, 9.17) is 5.73 Å². The Balaban J connectivity index is 1.86. The Bertz CT molecular complexity index is 333. The van der Waals surface area contributed by atoms with Crippen LogP contribution in [0.4, 0.5) is 0 Å². The Hall–Kier alpha value is -0.120. The second-order valence-corrected chi connectivity index (χ2v) is 8.29. The lowest BCUT2D eigenvalue weighted by atomic mass is 10.0. The summed E-state index contributed by atoms with van der Waals surface area (Å²) in [5, 5.41) is 0. The van der Waals surface area contributed by atoms with E-state index in [0.717, 1.165) is 12.8 Å². The molecule has 2 rings (SSSR count). The first kappa shape index (κ1) is 13.3. The van der Waals surface area contributed by atoms with Crippen molar-refractivity contribution in [2.24, 2.45) is 5.73 Å². The lowest BCUT2D eigenvalue weighted by Crippen LogP contribution is -2.33. The van der Waals surface area contributed by atoms with Crippen molar-refractivity contribution in [3.05, 3.63) is 35.9 Å². The normalized spacial score (nSPS) is 21.1. The fraction of sp³-hybridized carbons (Fsp3) is 0.571. The van der Waals surface area contributed by atoms with Crippen LogP contribution >= 0.6 is 23.5 Å². The molecule has 0 radical (unpaired) electrons. The average molecular weight is 267 g/mol. The van der Waals surface area contributed by atoms with Crippen molar-refractivity contribution in [2.75, 3.05) is 11.5 Å². The van der Waals surface area contributed by atoms with Gasteiger partial charge in [0.25, 0.3) is 0 Å². The maximum Gasteiger partial charge on any atom is 0.0597 e. The van der Waals surface area contributed by atoms with Crippen LogP contribution in [0.2, 0.25) is 0 Å². The van der Waals surface area contributed by atoms with Crippen LogP contribution in [0.1, 0.15) is 25.3 Å². The van der Waals surface area contributed by atoms with Crippen LogP contribution < -0.4 is 5.73 Å². The van der Waals surface area contributed by atoms with Gasteiger partial charge in [-0.15, -0.1) is 23.5 Å². The number of hydrogen-bond donors (Lipinski definition) is 1. The first-order chi connectivity index (χ1) is 8.18. The van der Waals surface area contributed by atoms with Crippen molar-refractivity contribution in [1.29, 1.82) is 0 Å². The molecule has 1 nitrogen and oxygen atoms in total. The molecule has 1 aliphatic heterocycles. The molecule has 1 aromatic rings. The van der Waals surface area contributed by atoms with Crippen molar-refractivity contribution < 1.29 is 0 Å². The van der Waals surface area contributed by atoms with E-state index in [1.807, 2.05) is 0 Å². The Morgan fingerprint density at radius 1 is 1.24 bits per heavy atom. The van der Waals surface area contributed by atoms with Crippen LogP contribution in [0.3, 0.4) is 0 Å². The van der Waals surface area contributed by atoms with Crippen LogP contribution in [-0.4, -0.2) is 21.6 Å². The molecule has 1 aliphatic rings. The molecule has 2 N–H and O–H groups in total. The van der Waals surface area contributed by atoms with E-state index < -0.39 is 0 Å². The van der Waals surface area contributed by atoms with Gasteiger partial charge in [-0.05, 0) is 43.3 Å². The lowest BCUT2D eigenvalue weighted by molar-refractivity contribution is 0.588. The number of nitrogens with two attached hydrogens (primary N) is 1. The van der Waals surface area contributed by atoms with Gasteiger partial charge in [0.05, 0.1) is 4.08 Å². The summed E-state index contributed by atoms with van der Waals surface area (Å²) in [6, 6.07) is 10.9. The molecule has 1 atom stereocenters. The number of hydrogen-bond acceptors (Lipinski definition) is 3.